The quantitative estimate of drug-likeness (QED) is 0.634. The molecule has 6 nitrogen and oxygen atoms in total. The van der Waals surface area contributed by atoms with E-state index in [4.69, 9.17) is 16.3 Å². The number of pyridine rings is 1. The van der Waals surface area contributed by atoms with Crippen LogP contribution in [0.1, 0.15) is 17.5 Å². The Bertz CT molecular complexity index is 985. The summed E-state index contributed by atoms with van der Waals surface area (Å²) in [5.74, 6) is -0.902. The molecule has 0 unspecified atom stereocenters. The van der Waals surface area contributed by atoms with Crippen molar-refractivity contribution in [3.8, 4) is 5.75 Å². The van der Waals surface area contributed by atoms with Gasteiger partial charge in [-0.15, -0.1) is 0 Å². The summed E-state index contributed by atoms with van der Waals surface area (Å²) in [6, 6.07) is 5.05. The number of nitrogens with zero attached hydrogens (tertiary/aromatic N) is 1. The second kappa shape index (κ2) is 7.07. The summed E-state index contributed by atoms with van der Waals surface area (Å²) in [5.41, 5.74) is -0.717. The number of esters is 1. The normalized spacial score (nSPS) is 13.7. The summed E-state index contributed by atoms with van der Waals surface area (Å²) in [5, 5.41) is 2.02. The van der Waals surface area contributed by atoms with Crippen molar-refractivity contribution in [2.24, 2.45) is 0 Å². The maximum absolute atomic E-state index is 12.8. The van der Waals surface area contributed by atoms with Crippen molar-refractivity contribution in [3.05, 3.63) is 57.0 Å². The molecule has 2 heterocycles. The van der Waals surface area contributed by atoms with E-state index in [0.29, 0.717) is 35.4 Å². The molecular weight excluding hydrogens is 389 g/mol. The number of halogens is 4. The molecule has 1 aromatic heterocycles. The van der Waals surface area contributed by atoms with Crippen LogP contribution in [0, 0.1) is 0 Å². The monoisotopic (exact) mass is 400 g/mol. The van der Waals surface area contributed by atoms with E-state index in [9.17, 15) is 27.6 Å². The van der Waals surface area contributed by atoms with E-state index in [-0.39, 0.29) is 11.7 Å². The van der Waals surface area contributed by atoms with E-state index < -0.39 is 34.8 Å². The molecule has 0 aliphatic carbocycles. The molecule has 1 amide bonds. The molecule has 10 heteroatoms. The van der Waals surface area contributed by atoms with Crippen LogP contribution in [0.2, 0.25) is 5.02 Å². The smallest absolute Gasteiger partial charge is 0.417 e. The number of hydrogen-bond donors (Lipinski definition) is 1. The third kappa shape index (κ3) is 4.30. The van der Waals surface area contributed by atoms with E-state index in [1.165, 1.54) is 6.07 Å². The zero-order valence-corrected chi connectivity index (χ0v) is 14.4. The molecule has 0 bridgehead atoms. The number of carbonyl (C=O) groups excluding carboxylic acids is 2. The molecule has 0 saturated heterocycles. The zero-order valence-electron chi connectivity index (χ0n) is 13.6. The Hall–Kier alpha value is -2.81. The molecule has 0 fully saturated rings. The highest BCUT2D eigenvalue weighted by molar-refractivity contribution is 6.30. The van der Waals surface area contributed by atoms with Gasteiger partial charge in [0.1, 0.15) is 17.3 Å². The van der Waals surface area contributed by atoms with Crippen molar-refractivity contribution < 1.29 is 27.5 Å². The predicted molar refractivity (Wildman–Crippen MR) is 89.7 cm³/mol. The van der Waals surface area contributed by atoms with Crippen molar-refractivity contribution in [1.82, 2.24) is 4.57 Å². The number of alkyl halides is 3. The second-order valence-corrected chi connectivity index (χ2v) is 6.26. The molecule has 142 valence electrons. The molecule has 3 rings (SSSR count). The van der Waals surface area contributed by atoms with Gasteiger partial charge in [0, 0.05) is 18.3 Å². The van der Waals surface area contributed by atoms with Crippen LogP contribution in [0.4, 0.5) is 18.9 Å². The van der Waals surface area contributed by atoms with Crippen LogP contribution in [0.25, 0.3) is 0 Å². The number of fused-ring (bicyclic) bond motifs is 1. The van der Waals surface area contributed by atoms with E-state index in [1.54, 1.807) is 12.1 Å². The van der Waals surface area contributed by atoms with Crippen LogP contribution in [-0.4, -0.2) is 16.4 Å². The van der Waals surface area contributed by atoms with Crippen LogP contribution in [0.15, 0.2) is 35.3 Å². The molecule has 0 saturated carbocycles. The van der Waals surface area contributed by atoms with Crippen LogP contribution >= 0.6 is 11.6 Å². The number of anilines is 1. The van der Waals surface area contributed by atoms with Gasteiger partial charge in [0.25, 0.3) is 5.56 Å². The van der Waals surface area contributed by atoms with E-state index >= 15 is 0 Å². The Labute approximate surface area is 155 Å². The van der Waals surface area contributed by atoms with Gasteiger partial charge in [-0.2, -0.15) is 13.2 Å². The highest BCUT2D eigenvalue weighted by Crippen LogP contribution is 2.30. The molecule has 0 atom stereocenters. The third-order valence-electron chi connectivity index (χ3n) is 3.87. The first-order chi connectivity index (χ1) is 12.6. The molecular formula is C17H12ClF3N2O4. The Morgan fingerprint density at radius 1 is 1.22 bits per heavy atom. The molecule has 1 aliphatic heterocycles. The maximum atomic E-state index is 12.8. The first-order valence-corrected chi connectivity index (χ1v) is 8.12. The average Bonchev–Trinajstić information content (AvgIpc) is 2.58. The summed E-state index contributed by atoms with van der Waals surface area (Å²) in [6.07, 6.45) is -3.44. The SMILES string of the molecule is O=C1CCc2cc(OC(=O)Cn3cc(C(F)(F)F)cc(Cl)c3=O)ccc2N1. The first kappa shape index (κ1) is 19.0. The summed E-state index contributed by atoms with van der Waals surface area (Å²) in [6.45, 7) is -0.740. The lowest BCUT2D eigenvalue weighted by molar-refractivity contribution is -0.139. The van der Waals surface area contributed by atoms with Gasteiger partial charge in [0.15, 0.2) is 0 Å². The number of aromatic nitrogens is 1. The van der Waals surface area contributed by atoms with Crippen molar-refractivity contribution in [1.29, 1.82) is 0 Å². The summed E-state index contributed by atoms with van der Waals surface area (Å²) in [7, 11) is 0. The van der Waals surface area contributed by atoms with Crippen molar-refractivity contribution in [3.63, 3.8) is 0 Å². The first-order valence-electron chi connectivity index (χ1n) is 7.74. The number of aryl methyl sites for hydroxylation is 1. The lowest BCUT2D eigenvalue weighted by Gasteiger charge is -2.17. The molecule has 1 aromatic carbocycles. The number of hydrogen-bond acceptors (Lipinski definition) is 4. The maximum Gasteiger partial charge on any atom is 0.417 e. The number of benzene rings is 1. The van der Waals surface area contributed by atoms with Crippen LogP contribution < -0.4 is 15.6 Å². The van der Waals surface area contributed by atoms with Crippen molar-refractivity contribution in [2.45, 2.75) is 25.6 Å². The van der Waals surface area contributed by atoms with E-state index in [2.05, 4.69) is 5.32 Å². The minimum atomic E-state index is -4.72. The van der Waals surface area contributed by atoms with Crippen molar-refractivity contribution in [2.75, 3.05) is 5.32 Å². The third-order valence-corrected chi connectivity index (χ3v) is 4.14. The number of nitrogens with one attached hydrogen (secondary N) is 1. The van der Waals surface area contributed by atoms with E-state index in [0.717, 1.165) is 5.56 Å². The summed E-state index contributed by atoms with van der Waals surface area (Å²) in [4.78, 5) is 35.3. The summed E-state index contributed by atoms with van der Waals surface area (Å²) < 4.78 is 44.1. The Kier molecular flexibility index (Phi) is 4.97. The topological polar surface area (TPSA) is 77.4 Å². The number of ether oxygens (including phenoxy) is 1. The van der Waals surface area contributed by atoms with Crippen molar-refractivity contribution >= 4 is 29.2 Å². The summed E-state index contributed by atoms with van der Waals surface area (Å²) >= 11 is 5.54. The second-order valence-electron chi connectivity index (χ2n) is 5.85. The predicted octanol–water partition coefficient (Wildman–Crippen LogP) is 3.01. The van der Waals surface area contributed by atoms with Gasteiger partial charge in [-0.25, -0.2) is 4.79 Å². The number of rotatable bonds is 3. The van der Waals surface area contributed by atoms with Gasteiger partial charge in [-0.3, -0.25) is 9.59 Å². The lowest BCUT2D eigenvalue weighted by atomic mass is 10.0. The number of carbonyl (C=O) groups is 2. The zero-order chi connectivity index (χ0) is 19.8. The van der Waals surface area contributed by atoms with Gasteiger partial charge >= 0.3 is 12.1 Å². The van der Waals surface area contributed by atoms with Crippen LogP contribution in [0.3, 0.4) is 0 Å². The van der Waals surface area contributed by atoms with Gasteiger partial charge < -0.3 is 14.6 Å². The molecule has 0 spiro atoms. The van der Waals surface area contributed by atoms with Crippen LogP contribution in [0.5, 0.6) is 5.75 Å². The van der Waals surface area contributed by atoms with Gasteiger partial charge in [-0.05, 0) is 36.2 Å². The minimum Gasteiger partial charge on any atom is -0.425 e. The molecule has 2 aromatic rings. The molecule has 27 heavy (non-hydrogen) atoms. The largest absolute Gasteiger partial charge is 0.425 e. The lowest BCUT2D eigenvalue weighted by Crippen LogP contribution is -2.28. The minimum absolute atomic E-state index is 0.118. The standard InChI is InChI=1S/C17H12ClF3N2O4/c18-12-6-10(17(19,20)21)7-23(16(12)26)8-15(25)27-11-2-3-13-9(5-11)1-4-14(24)22-13/h2-3,5-7H,1,4,8H2,(H,22,24). The molecule has 0 radical (unpaired) electrons. The fourth-order valence-corrected chi connectivity index (χ4v) is 2.82. The Morgan fingerprint density at radius 2 is 1.96 bits per heavy atom. The van der Waals surface area contributed by atoms with Gasteiger partial charge in [0.05, 0.1) is 5.56 Å². The van der Waals surface area contributed by atoms with E-state index in [1.807, 2.05) is 0 Å². The number of amides is 1. The highest BCUT2D eigenvalue weighted by Gasteiger charge is 2.32. The fourth-order valence-electron chi connectivity index (χ4n) is 2.60. The Balaban J connectivity index is 1.78. The average molecular weight is 401 g/mol. The molecule has 1 N–H and O–H groups in total. The van der Waals surface area contributed by atoms with Crippen LogP contribution in [-0.2, 0) is 28.7 Å². The highest BCUT2D eigenvalue weighted by atomic mass is 35.5. The van der Waals surface area contributed by atoms with Gasteiger partial charge in [-0.1, -0.05) is 11.6 Å². The van der Waals surface area contributed by atoms with Gasteiger partial charge in [0.2, 0.25) is 5.91 Å². The fraction of sp³-hybridized carbons (Fsp3) is 0.235. The Morgan fingerprint density at radius 3 is 2.67 bits per heavy atom. The molecule has 1 aliphatic rings.